The van der Waals surface area contributed by atoms with E-state index in [1.54, 1.807) is 0 Å². The molecule has 1 aromatic rings. The largest absolute Gasteiger partial charge is 0.397 e. The standard InChI is InChI=1S/C19H31N3O/c1-14-9-11-22(12-10-14)17-7-5-15(13-16(17)20)6-8-18(23)21-19(2,3)4/h5,7,13-14H,6,8-12,20H2,1-4H3,(H,21,23). The summed E-state index contributed by atoms with van der Waals surface area (Å²) < 4.78 is 0. The molecule has 0 atom stereocenters. The van der Waals surface area contributed by atoms with Gasteiger partial charge >= 0.3 is 0 Å². The summed E-state index contributed by atoms with van der Waals surface area (Å²) in [6.45, 7) is 10.5. The minimum atomic E-state index is -0.175. The van der Waals surface area contributed by atoms with Crippen molar-refractivity contribution in [2.24, 2.45) is 5.92 Å². The second-order valence-corrected chi connectivity index (χ2v) is 7.86. The van der Waals surface area contributed by atoms with Crippen molar-refractivity contribution in [3.63, 3.8) is 0 Å². The molecule has 0 aromatic heterocycles. The highest BCUT2D eigenvalue weighted by Gasteiger charge is 2.18. The summed E-state index contributed by atoms with van der Waals surface area (Å²) in [6.07, 6.45) is 3.68. The first-order valence-electron chi connectivity index (χ1n) is 8.69. The van der Waals surface area contributed by atoms with Gasteiger partial charge in [0.25, 0.3) is 0 Å². The van der Waals surface area contributed by atoms with Crippen LogP contribution in [-0.4, -0.2) is 24.5 Å². The van der Waals surface area contributed by atoms with Crippen molar-refractivity contribution in [2.45, 2.75) is 58.9 Å². The van der Waals surface area contributed by atoms with Gasteiger partial charge in [-0.15, -0.1) is 0 Å². The number of nitrogens with one attached hydrogen (secondary N) is 1. The molecular formula is C19H31N3O. The number of carbonyl (C=O) groups excluding carboxylic acids is 1. The molecule has 4 nitrogen and oxygen atoms in total. The van der Waals surface area contributed by atoms with Crippen molar-refractivity contribution >= 4 is 17.3 Å². The van der Waals surface area contributed by atoms with E-state index in [0.717, 1.165) is 42.4 Å². The van der Waals surface area contributed by atoms with Crippen LogP contribution in [0.4, 0.5) is 11.4 Å². The van der Waals surface area contributed by atoms with Crippen LogP contribution < -0.4 is 16.0 Å². The number of nitrogen functional groups attached to an aromatic ring is 1. The molecule has 0 spiro atoms. The van der Waals surface area contributed by atoms with Crippen LogP contribution in [0.2, 0.25) is 0 Å². The van der Waals surface area contributed by atoms with Crippen molar-refractivity contribution in [1.29, 1.82) is 0 Å². The van der Waals surface area contributed by atoms with E-state index in [1.165, 1.54) is 12.8 Å². The van der Waals surface area contributed by atoms with E-state index in [-0.39, 0.29) is 11.4 Å². The summed E-state index contributed by atoms with van der Waals surface area (Å²) in [5, 5.41) is 2.99. The summed E-state index contributed by atoms with van der Waals surface area (Å²) in [5.41, 5.74) is 9.17. The zero-order chi connectivity index (χ0) is 17.0. The van der Waals surface area contributed by atoms with Crippen LogP contribution in [0.15, 0.2) is 18.2 Å². The highest BCUT2D eigenvalue weighted by Crippen LogP contribution is 2.29. The topological polar surface area (TPSA) is 58.4 Å². The molecule has 0 saturated carbocycles. The fourth-order valence-corrected chi connectivity index (χ4v) is 3.04. The van der Waals surface area contributed by atoms with E-state index in [2.05, 4.69) is 29.3 Å². The van der Waals surface area contributed by atoms with Gasteiger partial charge in [0.2, 0.25) is 5.91 Å². The molecule has 128 valence electrons. The van der Waals surface area contributed by atoms with Crippen LogP contribution in [0.3, 0.4) is 0 Å². The molecule has 0 bridgehead atoms. The molecule has 1 aromatic carbocycles. The smallest absolute Gasteiger partial charge is 0.220 e. The zero-order valence-corrected chi connectivity index (χ0v) is 15.0. The average molecular weight is 317 g/mol. The Morgan fingerprint density at radius 1 is 1.30 bits per heavy atom. The average Bonchev–Trinajstić information content (AvgIpc) is 2.45. The number of nitrogens with zero attached hydrogens (tertiary/aromatic N) is 1. The second-order valence-electron chi connectivity index (χ2n) is 7.86. The molecule has 1 aliphatic rings. The molecule has 0 radical (unpaired) electrons. The summed E-state index contributed by atoms with van der Waals surface area (Å²) >= 11 is 0. The first-order valence-corrected chi connectivity index (χ1v) is 8.69. The molecule has 4 heteroatoms. The predicted octanol–water partition coefficient (Wildman–Crippen LogP) is 3.35. The Hall–Kier alpha value is -1.71. The molecule has 1 saturated heterocycles. The monoisotopic (exact) mass is 317 g/mol. The minimum Gasteiger partial charge on any atom is -0.397 e. The third-order valence-electron chi connectivity index (χ3n) is 4.37. The Bertz CT molecular complexity index is 540. The summed E-state index contributed by atoms with van der Waals surface area (Å²) in [7, 11) is 0. The molecule has 23 heavy (non-hydrogen) atoms. The van der Waals surface area contributed by atoms with Gasteiger partial charge in [0.15, 0.2) is 0 Å². The summed E-state index contributed by atoms with van der Waals surface area (Å²) in [5.74, 6) is 0.901. The zero-order valence-electron chi connectivity index (χ0n) is 15.0. The van der Waals surface area contributed by atoms with Crippen LogP contribution in [0.5, 0.6) is 0 Å². The van der Waals surface area contributed by atoms with Gasteiger partial charge in [-0.3, -0.25) is 4.79 Å². The van der Waals surface area contributed by atoms with E-state index < -0.39 is 0 Å². The van der Waals surface area contributed by atoms with Crippen molar-refractivity contribution in [1.82, 2.24) is 5.32 Å². The summed E-state index contributed by atoms with van der Waals surface area (Å²) in [4.78, 5) is 14.3. The van der Waals surface area contributed by atoms with Gasteiger partial charge in [0, 0.05) is 25.0 Å². The third-order valence-corrected chi connectivity index (χ3v) is 4.37. The molecule has 1 heterocycles. The van der Waals surface area contributed by atoms with Gasteiger partial charge in [-0.25, -0.2) is 0 Å². The highest BCUT2D eigenvalue weighted by atomic mass is 16.1. The number of nitrogens with two attached hydrogens (primary N) is 1. The van der Waals surface area contributed by atoms with E-state index in [4.69, 9.17) is 5.73 Å². The Labute approximate surface area is 140 Å². The molecule has 1 amide bonds. The van der Waals surface area contributed by atoms with Crippen molar-refractivity contribution in [3.05, 3.63) is 23.8 Å². The van der Waals surface area contributed by atoms with E-state index >= 15 is 0 Å². The van der Waals surface area contributed by atoms with E-state index in [9.17, 15) is 4.79 Å². The van der Waals surface area contributed by atoms with Crippen molar-refractivity contribution < 1.29 is 4.79 Å². The number of benzene rings is 1. The Morgan fingerprint density at radius 3 is 2.52 bits per heavy atom. The lowest BCUT2D eigenvalue weighted by atomic mass is 9.98. The number of carbonyl (C=O) groups is 1. The Kier molecular flexibility index (Phi) is 5.55. The van der Waals surface area contributed by atoms with Gasteiger partial charge in [0.1, 0.15) is 0 Å². The Morgan fingerprint density at radius 2 is 1.96 bits per heavy atom. The second kappa shape index (κ2) is 7.24. The number of hydrogen-bond donors (Lipinski definition) is 2. The molecule has 0 unspecified atom stereocenters. The molecule has 2 rings (SSSR count). The molecule has 1 fully saturated rings. The maximum Gasteiger partial charge on any atom is 0.220 e. The van der Waals surface area contributed by atoms with E-state index in [0.29, 0.717) is 6.42 Å². The third kappa shape index (κ3) is 5.45. The molecule has 0 aliphatic carbocycles. The van der Waals surface area contributed by atoms with E-state index in [1.807, 2.05) is 26.8 Å². The number of rotatable bonds is 4. The highest BCUT2D eigenvalue weighted by molar-refractivity contribution is 5.77. The van der Waals surface area contributed by atoms with Crippen LogP contribution in [0.1, 0.15) is 52.5 Å². The van der Waals surface area contributed by atoms with Crippen LogP contribution in [-0.2, 0) is 11.2 Å². The first-order chi connectivity index (χ1) is 10.7. The molecule has 3 N–H and O–H groups in total. The van der Waals surface area contributed by atoms with Crippen LogP contribution in [0, 0.1) is 5.92 Å². The maximum absolute atomic E-state index is 11.9. The van der Waals surface area contributed by atoms with Crippen molar-refractivity contribution in [3.8, 4) is 0 Å². The normalized spacial score (nSPS) is 16.4. The summed E-state index contributed by atoms with van der Waals surface area (Å²) in [6, 6.07) is 6.24. The van der Waals surface area contributed by atoms with Crippen molar-refractivity contribution in [2.75, 3.05) is 23.7 Å². The molecule has 1 aliphatic heterocycles. The SMILES string of the molecule is CC1CCN(c2ccc(CCC(=O)NC(C)(C)C)cc2N)CC1. The predicted molar refractivity (Wildman–Crippen MR) is 97.7 cm³/mol. The van der Waals surface area contributed by atoms with Gasteiger partial charge < -0.3 is 16.0 Å². The lowest BCUT2D eigenvalue weighted by molar-refractivity contribution is -0.122. The fourth-order valence-electron chi connectivity index (χ4n) is 3.04. The van der Waals surface area contributed by atoms with Gasteiger partial charge in [-0.1, -0.05) is 13.0 Å². The van der Waals surface area contributed by atoms with Crippen LogP contribution in [0.25, 0.3) is 0 Å². The molecular weight excluding hydrogens is 286 g/mol. The first kappa shape index (κ1) is 17.6. The number of piperidine rings is 1. The van der Waals surface area contributed by atoms with Gasteiger partial charge in [-0.05, 0) is 63.6 Å². The number of anilines is 2. The van der Waals surface area contributed by atoms with Gasteiger partial charge in [0.05, 0.1) is 11.4 Å². The number of hydrogen-bond acceptors (Lipinski definition) is 3. The quantitative estimate of drug-likeness (QED) is 0.837. The lowest BCUT2D eigenvalue weighted by Crippen LogP contribution is -2.40. The van der Waals surface area contributed by atoms with Gasteiger partial charge in [-0.2, -0.15) is 0 Å². The van der Waals surface area contributed by atoms with Crippen LogP contribution >= 0.6 is 0 Å². The number of aryl methyl sites for hydroxylation is 1. The lowest BCUT2D eigenvalue weighted by Gasteiger charge is -2.33. The maximum atomic E-state index is 11.9. The Balaban J connectivity index is 1.93. The number of amides is 1. The fraction of sp³-hybridized carbons (Fsp3) is 0.632. The minimum absolute atomic E-state index is 0.0881.